The first kappa shape index (κ1) is 12.7. The zero-order valence-corrected chi connectivity index (χ0v) is 12.9. The molecule has 0 saturated carbocycles. The molecule has 0 bridgehead atoms. The third-order valence-corrected chi connectivity index (χ3v) is 4.29. The van der Waals surface area contributed by atoms with E-state index in [0.29, 0.717) is 0 Å². The molecule has 0 unspecified atom stereocenters. The van der Waals surface area contributed by atoms with Crippen LogP contribution in [0.4, 0.5) is 0 Å². The molecule has 3 aromatic carbocycles. The van der Waals surface area contributed by atoms with Crippen molar-refractivity contribution in [3.63, 3.8) is 0 Å². The molecule has 0 aromatic heterocycles. The van der Waals surface area contributed by atoms with Gasteiger partial charge in [-0.15, -0.1) is 0 Å². The molecule has 4 rings (SSSR count). The summed E-state index contributed by atoms with van der Waals surface area (Å²) in [5.41, 5.74) is 4.80. The Bertz CT molecular complexity index is 823. The van der Waals surface area contributed by atoms with Crippen molar-refractivity contribution in [2.45, 2.75) is 6.42 Å². The maximum Gasteiger partial charge on any atom is 0.138 e. The van der Waals surface area contributed by atoms with Crippen LogP contribution in [-0.4, -0.2) is 0 Å². The fraction of sp³-hybridized carbons (Fsp3) is 0.0526. The van der Waals surface area contributed by atoms with Crippen LogP contribution in [0.5, 0.6) is 11.5 Å². The Morgan fingerprint density at radius 1 is 0.810 bits per heavy atom. The summed E-state index contributed by atoms with van der Waals surface area (Å²) in [5, 5.41) is 0. The van der Waals surface area contributed by atoms with Crippen LogP contribution in [0.1, 0.15) is 11.1 Å². The van der Waals surface area contributed by atoms with Crippen LogP contribution in [0.2, 0.25) is 0 Å². The third kappa shape index (κ3) is 2.26. The first-order valence-electron chi connectivity index (χ1n) is 6.95. The van der Waals surface area contributed by atoms with E-state index in [-0.39, 0.29) is 0 Å². The number of hydrogen-bond donors (Lipinski definition) is 0. The summed E-state index contributed by atoms with van der Waals surface area (Å²) < 4.78 is 7.27. The van der Waals surface area contributed by atoms with Gasteiger partial charge in [0.1, 0.15) is 11.5 Å². The van der Waals surface area contributed by atoms with Crippen LogP contribution in [0, 0.1) is 0 Å². The first-order chi connectivity index (χ1) is 10.3. The van der Waals surface area contributed by atoms with Crippen LogP contribution in [0.15, 0.2) is 71.2 Å². The molecule has 1 heterocycles. The Balaban J connectivity index is 1.86. The second kappa shape index (κ2) is 5.05. The van der Waals surface area contributed by atoms with Crippen molar-refractivity contribution in [3.8, 4) is 22.6 Å². The molecule has 21 heavy (non-hydrogen) atoms. The lowest BCUT2D eigenvalue weighted by atomic mass is 9.95. The second-order valence-electron chi connectivity index (χ2n) is 5.19. The van der Waals surface area contributed by atoms with E-state index in [9.17, 15) is 0 Å². The van der Waals surface area contributed by atoms with Crippen LogP contribution < -0.4 is 4.74 Å². The molecule has 0 radical (unpaired) electrons. The minimum absolute atomic E-state index is 0.924. The number of rotatable bonds is 1. The maximum atomic E-state index is 6.19. The number of ether oxygens (including phenoxy) is 1. The van der Waals surface area contributed by atoms with Gasteiger partial charge in [0.2, 0.25) is 0 Å². The first-order valence-corrected chi connectivity index (χ1v) is 7.74. The zero-order chi connectivity index (χ0) is 14.2. The van der Waals surface area contributed by atoms with Gasteiger partial charge in [0.05, 0.1) is 0 Å². The molecule has 1 aliphatic rings. The number of hydrogen-bond acceptors (Lipinski definition) is 1. The Kier molecular flexibility index (Phi) is 3.04. The lowest BCUT2D eigenvalue weighted by Gasteiger charge is -2.22. The lowest BCUT2D eigenvalue weighted by Crippen LogP contribution is -2.03. The number of para-hydroxylation sites is 2. The van der Waals surface area contributed by atoms with Crippen molar-refractivity contribution in [3.05, 3.63) is 82.3 Å². The zero-order valence-electron chi connectivity index (χ0n) is 11.3. The highest BCUT2D eigenvalue weighted by atomic mass is 79.9. The van der Waals surface area contributed by atoms with Crippen molar-refractivity contribution >= 4 is 15.9 Å². The van der Waals surface area contributed by atoms with Crippen molar-refractivity contribution in [1.82, 2.24) is 0 Å². The normalized spacial score (nSPS) is 12.2. The summed E-state index contributed by atoms with van der Waals surface area (Å²) in [6.45, 7) is 0. The van der Waals surface area contributed by atoms with E-state index in [1.165, 1.54) is 16.7 Å². The van der Waals surface area contributed by atoms with Gasteiger partial charge in [0.25, 0.3) is 0 Å². The molecular weight excluding hydrogens is 324 g/mol. The van der Waals surface area contributed by atoms with Crippen molar-refractivity contribution in [2.75, 3.05) is 0 Å². The third-order valence-electron chi connectivity index (χ3n) is 3.80. The molecule has 2 heteroatoms. The van der Waals surface area contributed by atoms with Gasteiger partial charge in [-0.25, -0.2) is 0 Å². The Labute approximate surface area is 132 Å². The number of halogens is 1. The summed E-state index contributed by atoms with van der Waals surface area (Å²) >= 11 is 3.54. The predicted molar refractivity (Wildman–Crippen MR) is 88.9 cm³/mol. The fourth-order valence-corrected chi connectivity index (χ4v) is 3.19. The highest BCUT2D eigenvalue weighted by molar-refractivity contribution is 9.10. The average molecular weight is 337 g/mol. The quantitative estimate of drug-likeness (QED) is 0.426. The maximum absolute atomic E-state index is 6.19. The smallest absolute Gasteiger partial charge is 0.138 e. The molecule has 3 aromatic rings. The van der Waals surface area contributed by atoms with E-state index >= 15 is 0 Å². The monoisotopic (exact) mass is 336 g/mol. The van der Waals surface area contributed by atoms with Gasteiger partial charge >= 0.3 is 0 Å². The van der Waals surface area contributed by atoms with Crippen molar-refractivity contribution in [2.24, 2.45) is 0 Å². The summed E-state index contributed by atoms with van der Waals surface area (Å²) in [7, 11) is 0. The summed E-state index contributed by atoms with van der Waals surface area (Å²) in [4.78, 5) is 0. The molecule has 1 aliphatic heterocycles. The average Bonchev–Trinajstić information content (AvgIpc) is 2.52. The molecule has 0 N–H and O–H groups in total. The molecule has 0 spiro atoms. The van der Waals surface area contributed by atoms with Gasteiger partial charge in [-0.3, -0.25) is 0 Å². The summed E-state index contributed by atoms with van der Waals surface area (Å²) in [6, 6.07) is 22.9. The SMILES string of the molecule is Brc1cccc(-c2cccc3c2Oc2ccccc2C3)c1. The van der Waals surface area contributed by atoms with E-state index in [4.69, 9.17) is 4.74 Å². The van der Waals surface area contributed by atoms with E-state index in [0.717, 1.165) is 28.0 Å². The molecule has 102 valence electrons. The van der Waals surface area contributed by atoms with Crippen LogP contribution in [0.3, 0.4) is 0 Å². The lowest BCUT2D eigenvalue weighted by molar-refractivity contribution is 0.462. The number of fused-ring (bicyclic) bond motifs is 2. The van der Waals surface area contributed by atoms with Gasteiger partial charge in [-0.05, 0) is 34.9 Å². The second-order valence-corrected chi connectivity index (χ2v) is 6.11. The summed E-state index contributed by atoms with van der Waals surface area (Å²) in [5.74, 6) is 1.95. The summed E-state index contributed by atoms with van der Waals surface area (Å²) in [6.07, 6.45) is 0.924. The van der Waals surface area contributed by atoms with Gasteiger partial charge in [-0.1, -0.05) is 64.5 Å². The van der Waals surface area contributed by atoms with Gasteiger partial charge in [0, 0.05) is 16.5 Å². The highest BCUT2D eigenvalue weighted by Gasteiger charge is 2.19. The predicted octanol–water partition coefficient (Wildman–Crippen LogP) is 5.81. The van der Waals surface area contributed by atoms with Crippen LogP contribution in [0.25, 0.3) is 11.1 Å². The Morgan fingerprint density at radius 3 is 2.52 bits per heavy atom. The molecule has 0 atom stereocenters. The van der Waals surface area contributed by atoms with E-state index in [1.54, 1.807) is 0 Å². The highest BCUT2D eigenvalue weighted by Crippen LogP contribution is 2.42. The molecule has 1 nitrogen and oxygen atoms in total. The largest absolute Gasteiger partial charge is 0.456 e. The van der Waals surface area contributed by atoms with Gasteiger partial charge < -0.3 is 4.74 Å². The molecule has 0 aliphatic carbocycles. The minimum atomic E-state index is 0.924. The molecule has 0 amide bonds. The fourth-order valence-electron chi connectivity index (χ4n) is 2.79. The van der Waals surface area contributed by atoms with Crippen LogP contribution in [-0.2, 0) is 6.42 Å². The van der Waals surface area contributed by atoms with E-state index in [2.05, 4.69) is 64.5 Å². The van der Waals surface area contributed by atoms with E-state index < -0.39 is 0 Å². The molecule has 0 saturated heterocycles. The van der Waals surface area contributed by atoms with Crippen molar-refractivity contribution < 1.29 is 4.74 Å². The van der Waals surface area contributed by atoms with Crippen molar-refractivity contribution in [1.29, 1.82) is 0 Å². The number of benzene rings is 3. The van der Waals surface area contributed by atoms with Crippen LogP contribution >= 0.6 is 15.9 Å². The Morgan fingerprint density at radius 2 is 1.62 bits per heavy atom. The van der Waals surface area contributed by atoms with Gasteiger partial charge in [-0.2, -0.15) is 0 Å². The standard InChI is InChI=1S/C19H13BrO/c20-16-8-3-6-13(12-16)17-9-4-7-15-11-14-5-1-2-10-18(14)21-19(15)17/h1-10,12H,11H2. The molecular formula is C19H13BrO. The minimum Gasteiger partial charge on any atom is -0.456 e. The van der Waals surface area contributed by atoms with Gasteiger partial charge in [0.15, 0.2) is 0 Å². The molecule has 0 fully saturated rings. The Hall–Kier alpha value is -2.06. The van der Waals surface area contributed by atoms with E-state index in [1.807, 2.05) is 18.2 Å². The topological polar surface area (TPSA) is 9.23 Å².